The first kappa shape index (κ1) is 21.8. The fourth-order valence-electron chi connectivity index (χ4n) is 2.57. The van der Waals surface area contributed by atoms with E-state index in [0.29, 0.717) is 17.7 Å². The van der Waals surface area contributed by atoms with E-state index < -0.39 is 11.9 Å². The van der Waals surface area contributed by atoms with Gasteiger partial charge in [0, 0.05) is 19.0 Å². The van der Waals surface area contributed by atoms with E-state index in [2.05, 4.69) is 10.1 Å². The van der Waals surface area contributed by atoms with Gasteiger partial charge in [0.1, 0.15) is 0 Å². The van der Waals surface area contributed by atoms with Crippen molar-refractivity contribution in [3.05, 3.63) is 70.8 Å². The molecule has 0 aliphatic carbocycles. The van der Waals surface area contributed by atoms with Crippen molar-refractivity contribution in [3.8, 4) is 0 Å². The predicted molar refractivity (Wildman–Crippen MR) is 106 cm³/mol. The molecule has 0 aromatic heterocycles. The lowest BCUT2D eigenvalue weighted by Gasteiger charge is -2.07. The molecule has 0 heterocycles. The van der Waals surface area contributed by atoms with Gasteiger partial charge in [0.05, 0.1) is 18.2 Å². The molecule has 7 nitrogen and oxygen atoms in total. The minimum atomic E-state index is -0.649. The van der Waals surface area contributed by atoms with Gasteiger partial charge in [-0.2, -0.15) is 0 Å². The number of amides is 1. The maximum Gasteiger partial charge on any atom is 0.338 e. The van der Waals surface area contributed by atoms with Crippen LogP contribution in [0.25, 0.3) is 0 Å². The zero-order valence-electron chi connectivity index (χ0n) is 16.4. The minimum absolute atomic E-state index is 0.0556. The van der Waals surface area contributed by atoms with Crippen molar-refractivity contribution in [3.63, 3.8) is 0 Å². The lowest BCUT2D eigenvalue weighted by atomic mass is 10.1. The van der Waals surface area contributed by atoms with Crippen LogP contribution in [0.3, 0.4) is 0 Å². The molecule has 0 radical (unpaired) electrons. The number of carbonyl (C=O) groups excluding carboxylic acids is 4. The van der Waals surface area contributed by atoms with Crippen molar-refractivity contribution >= 4 is 23.6 Å². The van der Waals surface area contributed by atoms with E-state index in [1.54, 1.807) is 12.1 Å². The van der Waals surface area contributed by atoms with Crippen molar-refractivity contribution in [2.24, 2.45) is 0 Å². The van der Waals surface area contributed by atoms with Crippen molar-refractivity contribution in [1.29, 1.82) is 0 Å². The molecular weight excluding hydrogens is 374 g/mol. The molecule has 0 atom stereocenters. The molecule has 0 fully saturated rings. The summed E-state index contributed by atoms with van der Waals surface area (Å²) in [6.45, 7) is 1.71. The number of benzene rings is 2. The molecule has 0 unspecified atom stereocenters. The van der Waals surface area contributed by atoms with Crippen LogP contribution < -0.4 is 5.32 Å². The van der Waals surface area contributed by atoms with Gasteiger partial charge < -0.3 is 14.8 Å². The van der Waals surface area contributed by atoms with Crippen LogP contribution in [-0.4, -0.2) is 43.9 Å². The molecule has 1 N–H and O–H groups in total. The fraction of sp³-hybridized carbons (Fsp3) is 0.273. The number of aryl methyl sites for hydroxylation is 1. The number of hydrogen-bond donors (Lipinski definition) is 1. The second kappa shape index (κ2) is 10.8. The summed E-state index contributed by atoms with van der Waals surface area (Å²) in [6, 6.07) is 12.8. The normalized spacial score (nSPS) is 10.1. The van der Waals surface area contributed by atoms with E-state index in [9.17, 15) is 19.2 Å². The quantitative estimate of drug-likeness (QED) is 0.397. The summed E-state index contributed by atoms with van der Waals surface area (Å²) in [6.07, 6.45) is 1.59. The summed E-state index contributed by atoms with van der Waals surface area (Å²) in [5.41, 5.74) is 2.05. The maximum absolute atomic E-state index is 12.2. The molecule has 0 aliphatic rings. The molecular formula is C22H23NO6. The van der Waals surface area contributed by atoms with Gasteiger partial charge in [-0.3, -0.25) is 9.59 Å². The average Bonchev–Trinajstić information content (AvgIpc) is 2.74. The lowest BCUT2D eigenvalue weighted by Crippen LogP contribution is -2.21. The van der Waals surface area contributed by atoms with Gasteiger partial charge in [-0.15, -0.1) is 0 Å². The summed E-state index contributed by atoms with van der Waals surface area (Å²) in [5.74, 6) is -1.52. The fourth-order valence-corrected chi connectivity index (χ4v) is 2.57. The number of hydrogen-bond acceptors (Lipinski definition) is 6. The monoisotopic (exact) mass is 397 g/mol. The van der Waals surface area contributed by atoms with Gasteiger partial charge in [0.2, 0.25) is 5.91 Å². The topological polar surface area (TPSA) is 98.8 Å². The second-order valence-corrected chi connectivity index (χ2v) is 6.35. The molecule has 2 aromatic rings. The van der Waals surface area contributed by atoms with Gasteiger partial charge in [-0.25, -0.2) is 9.59 Å². The number of esters is 2. The number of Topliss-reactive ketones (excluding diaryl/α,β-unsaturated/α-hetero) is 1. The Morgan fingerprint density at radius 2 is 1.38 bits per heavy atom. The minimum Gasteiger partial charge on any atom is -0.465 e. The maximum atomic E-state index is 12.2. The third-order valence-electron chi connectivity index (χ3n) is 4.17. The summed E-state index contributed by atoms with van der Waals surface area (Å²) in [5, 5.41) is 2.73. The van der Waals surface area contributed by atoms with Crippen LogP contribution in [0.4, 0.5) is 0 Å². The van der Waals surface area contributed by atoms with E-state index >= 15 is 0 Å². The number of nitrogens with one attached hydrogen (secondary N) is 1. The van der Waals surface area contributed by atoms with Crippen molar-refractivity contribution in [2.45, 2.75) is 19.8 Å². The summed E-state index contributed by atoms with van der Waals surface area (Å²) < 4.78 is 9.65. The zero-order valence-corrected chi connectivity index (χ0v) is 16.4. The first-order valence-electron chi connectivity index (χ1n) is 9.13. The summed E-state index contributed by atoms with van der Waals surface area (Å²) >= 11 is 0. The number of carbonyl (C=O) groups is 4. The lowest BCUT2D eigenvalue weighted by molar-refractivity contribution is -0.118. The highest BCUT2D eigenvalue weighted by Crippen LogP contribution is 2.10. The third-order valence-corrected chi connectivity index (χ3v) is 4.17. The van der Waals surface area contributed by atoms with Crippen molar-refractivity contribution in [2.75, 3.05) is 20.3 Å². The largest absolute Gasteiger partial charge is 0.465 e. The standard InChI is InChI=1S/C22H23NO6/c1-15(24)23-13-3-4-16-5-7-17(8-6-16)20(25)14-29-22(27)19-11-9-18(10-12-19)21(26)28-2/h5-12H,3-4,13-14H2,1-2H3,(H,23,24). The van der Waals surface area contributed by atoms with Gasteiger partial charge in [0.15, 0.2) is 12.4 Å². The van der Waals surface area contributed by atoms with Crippen LogP contribution in [0.2, 0.25) is 0 Å². The highest BCUT2D eigenvalue weighted by atomic mass is 16.5. The predicted octanol–water partition coefficient (Wildman–Crippen LogP) is 2.58. The van der Waals surface area contributed by atoms with Crippen LogP contribution in [0.5, 0.6) is 0 Å². The van der Waals surface area contributed by atoms with Gasteiger partial charge >= 0.3 is 11.9 Å². The van der Waals surface area contributed by atoms with E-state index in [0.717, 1.165) is 18.4 Å². The molecule has 0 aliphatic heterocycles. The number of rotatable bonds is 9. The Bertz CT molecular complexity index is 871. The highest BCUT2D eigenvalue weighted by Gasteiger charge is 2.13. The van der Waals surface area contributed by atoms with E-state index in [-0.39, 0.29) is 23.9 Å². The molecule has 0 bridgehead atoms. The Hall–Kier alpha value is -3.48. The van der Waals surface area contributed by atoms with Crippen LogP contribution >= 0.6 is 0 Å². The number of ketones is 1. The second-order valence-electron chi connectivity index (χ2n) is 6.35. The van der Waals surface area contributed by atoms with Crippen LogP contribution in [0, 0.1) is 0 Å². The average molecular weight is 397 g/mol. The van der Waals surface area contributed by atoms with Crippen LogP contribution in [0.15, 0.2) is 48.5 Å². The van der Waals surface area contributed by atoms with Crippen LogP contribution in [-0.2, 0) is 20.7 Å². The zero-order chi connectivity index (χ0) is 21.2. The summed E-state index contributed by atoms with van der Waals surface area (Å²) in [4.78, 5) is 46.5. The Labute approximate surface area is 169 Å². The van der Waals surface area contributed by atoms with Gasteiger partial charge in [-0.05, 0) is 42.7 Å². The molecule has 2 rings (SSSR count). The highest BCUT2D eigenvalue weighted by molar-refractivity contribution is 5.99. The Morgan fingerprint density at radius 3 is 1.93 bits per heavy atom. The first-order chi connectivity index (χ1) is 13.9. The molecule has 152 valence electrons. The van der Waals surface area contributed by atoms with E-state index in [1.807, 2.05) is 12.1 Å². The Balaban J connectivity index is 1.83. The van der Waals surface area contributed by atoms with Gasteiger partial charge in [0.25, 0.3) is 0 Å². The number of methoxy groups -OCH3 is 1. The first-order valence-corrected chi connectivity index (χ1v) is 9.13. The Kier molecular flexibility index (Phi) is 8.09. The summed E-state index contributed by atoms with van der Waals surface area (Å²) in [7, 11) is 1.27. The SMILES string of the molecule is COC(=O)c1ccc(C(=O)OCC(=O)c2ccc(CCCNC(C)=O)cc2)cc1. The smallest absolute Gasteiger partial charge is 0.338 e. The van der Waals surface area contributed by atoms with E-state index in [1.165, 1.54) is 38.3 Å². The molecule has 7 heteroatoms. The van der Waals surface area contributed by atoms with Crippen LogP contribution in [0.1, 0.15) is 50.0 Å². The van der Waals surface area contributed by atoms with Crippen molar-refractivity contribution < 1.29 is 28.7 Å². The van der Waals surface area contributed by atoms with Gasteiger partial charge in [-0.1, -0.05) is 24.3 Å². The molecule has 29 heavy (non-hydrogen) atoms. The van der Waals surface area contributed by atoms with E-state index in [4.69, 9.17) is 4.74 Å². The molecule has 1 amide bonds. The molecule has 0 saturated carbocycles. The number of ether oxygens (including phenoxy) is 2. The molecule has 0 spiro atoms. The third kappa shape index (κ3) is 6.88. The van der Waals surface area contributed by atoms with Crippen molar-refractivity contribution in [1.82, 2.24) is 5.32 Å². The molecule has 0 saturated heterocycles. The molecule has 2 aromatic carbocycles. The Morgan fingerprint density at radius 1 is 0.828 bits per heavy atom.